The van der Waals surface area contributed by atoms with Gasteiger partial charge >= 0.3 is 15.2 Å². The average molecular weight is 267 g/mol. The Bertz CT molecular complexity index is 280. The number of ether oxygens (including phenoxy) is 1. The smallest absolute Gasteiger partial charge is 0.336 e. The zero-order valence-electron chi connectivity index (χ0n) is 7.51. The highest BCUT2D eigenvalue weighted by atomic mass is 31.2. The molecular formula is C3H11NO9P2. The Morgan fingerprint density at radius 3 is 1.73 bits per heavy atom. The van der Waals surface area contributed by atoms with Gasteiger partial charge in [0.2, 0.25) is 0 Å². The van der Waals surface area contributed by atoms with E-state index in [1.165, 1.54) is 0 Å². The summed E-state index contributed by atoms with van der Waals surface area (Å²) in [6, 6.07) is 0. The van der Waals surface area contributed by atoms with Crippen molar-refractivity contribution < 1.29 is 43.5 Å². The largest absolute Gasteiger partial charge is 0.398 e. The molecule has 0 rings (SSSR count). The first kappa shape index (κ1) is 15.1. The van der Waals surface area contributed by atoms with Crippen LogP contribution in [-0.4, -0.2) is 32.1 Å². The molecule has 12 heteroatoms. The molecule has 0 saturated heterocycles. The maximum Gasteiger partial charge on any atom is 0.398 e. The van der Waals surface area contributed by atoms with Gasteiger partial charge in [0.05, 0.1) is 6.73 Å². The van der Waals surface area contributed by atoms with Crippen LogP contribution < -0.4 is 5.73 Å². The molecule has 0 aliphatic heterocycles. The van der Waals surface area contributed by atoms with Gasteiger partial charge in [-0.2, -0.15) is 0 Å². The minimum atomic E-state index is -5.09. The van der Waals surface area contributed by atoms with Gasteiger partial charge in [-0.25, -0.2) is 10.5 Å². The first-order chi connectivity index (χ1) is 6.68. The molecule has 2 unspecified atom stereocenters. The van der Waals surface area contributed by atoms with Crippen molar-refractivity contribution in [3.8, 4) is 0 Å². The van der Waals surface area contributed by atoms with E-state index in [4.69, 9.17) is 26.0 Å². The van der Waals surface area contributed by atoms with Gasteiger partial charge in [-0.3, -0.25) is 9.13 Å². The summed E-state index contributed by atoms with van der Waals surface area (Å²) in [5.41, 5.74) is 4.86. The summed E-state index contributed by atoms with van der Waals surface area (Å²) in [7, 11) is -10.2. The van der Waals surface area contributed by atoms with Crippen molar-refractivity contribution in [3.63, 3.8) is 0 Å². The van der Waals surface area contributed by atoms with Crippen molar-refractivity contribution in [2.75, 3.05) is 6.73 Å². The second kappa shape index (κ2) is 4.98. The van der Waals surface area contributed by atoms with Crippen LogP contribution in [0.4, 0.5) is 0 Å². The van der Waals surface area contributed by atoms with E-state index in [1.54, 1.807) is 0 Å². The van der Waals surface area contributed by atoms with E-state index >= 15 is 0 Å². The lowest BCUT2D eigenvalue weighted by Gasteiger charge is -2.31. The predicted molar refractivity (Wildman–Crippen MR) is 45.6 cm³/mol. The summed E-state index contributed by atoms with van der Waals surface area (Å²) in [4.78, 5) is 18.0. The monoisotopic (exact) mass is 267 g/mol. The van der Waals surface area contributed by atoms with E-state index in [2.05, 4.69) is 14.1 Å². The molecule has 0 aromatic heterocycles. The van der Waals surface area contributed by atoms with Crippen LogP contribution in [0.3, 0.4) is 0 Å². The standard InChI is InChI=1S/C3H11NO9P2/c1-3(11-2-4,14(7,8)12-5)15(9,10)13-6/h5-6H,2,4H2,1H3,(H,7,8)(H,9,10). The summed E-state index contributed by atoms with van der Waals surface area (Å²) < 4.78 is 33.0. The third kappa shape index (κ3) is 2.63. The third-order valence-electron chi connectivity index (χ3n) is 1.63. The van der Waals surface area contributed by atoms with E-state index in [-0.39, 0.29) is 0 Å². The Morgan fingerprint density at radius 1 is 1.20 bits per heavy atom. The number of hydrogen-bond donors (Lipinski definition) is 5. The molecule has 0 amide bonds. The van der Waals surface area contributed by atoms with Crippen LogP contribution in [-0.2, 0) is 23.2 Å². The van der Waals surface area contributed by atoms with Gasteiger partial charge in [0, 0.05) is 0 Å². The molecule has 0 bridgehead atoms. The molecule has 2 atom stereocenters. The number of nitrogens with two attached hydrogens (primary N) is 1. The molecule has 0 heterocycles. The molecule has 10 nitrogen and oxygen atoms in total. The van der Waals surface area contributed by atoms with Crippen LogP contribution in [0.5, 0.6) is 0 Å². The van der Waals surface area contributed by atoms with Crippen LogP contribution in [0.15, 0.2) is 0 Å². The molecule has 0 spiro atoms. The normalized spacial score (nSPS) is 23.9. The average Bonchev–Trinajstić information content (AvgIpc) is 2.17. The molecule has 15 heavy (non-hydrogen) atoms. The summed E-state index contributed by atoms with van der Waals surface area (Å²) in [6.07, 6.45) is 0. The number of hydrogen-bond acceptors (Lipinski definition) is 8. The van der Waals surface area contributed by atoms with Crippen molar-refractivity contribution in [2.45, 2.75) is 12.0 Å². The van der Waals surface area contributed by atoms with Gasteiger partial charge in [0.15, 0.2) is 0 Å². The first-order valence-electron chi connectivity index (χ1n) is 3.34. The molecule has 92 valence electrons. The highest BCUT2D eigenvalue weighted by molar-refractivity contribution is 7.72. The maximum atomic E-state index is 11.2. The fraction of sp³-hybridized carbons (Fsp3) is 1.00. The van der Waals surface area contributed by atoms with Gasteiger partial charge in [-0.05, 0) is 6.92 Å². The third-order valence-corrected chi connectivity index (χ3v) is 5.94. The Labute approximate surface area is 84.1 Å². The Morgan fingerprint density at radius 2 is 1.53 bits per heavy atom. The van der Waals surface area contributed by atoms with Crippen LogP contribution >= 0.6 is 15.2 Å². The van der Waals surface area contributed by atoms with Crippen molar-refractivity contribution in [1.82, 2.24) is 0 Å². The van der Waals surface area contributed by atoms with Crippen LogP contribution in [0.25, 0.3) is 0 Å². The maximum absolute atomic E-state index is 11.2. The minimum absolute atomic E-state index is 0.605. The molecule has 0 aromatic carbocycles. The predicted octanol–water partition coefficient (Wildman–Crippen LogP) is -0.0571. The van der Waals surface area contributed by atoms with Gasteiger partial charge < -0.3 is 20.3 Å². The van der Waals surface area contributed by atoms with Gasteiger partial charge in [0.1, 0.15) is 0 Å². The van der Waals surface area contributed by atoms with Crippen molar-refractivity contribution in [1.29, 1.82) is 0 Å². The van der Waals surface area contributed by atoms with Crippen LogP contribution in [0.2, 0.25) is 0 Å². The lowest BCUT2D eigenvalue weighted by molar-refractivity contribution is -0.169. The van der Waals surface area contributed by atoms with E-state index in [0.29, 0.717) is 6.92 Å². The van der Waals surface area contributed by atoms with E-state index in [9.17, 15) is 9.13 Å². The van der Waals surface area contributed by atoms with Crippen molar-refractivity contribution >= 4 is 15.2 Å². The van der Waals surface area contributed by atoms with Gasteiger partial charge in [-0.1, -0.05) is 0 Å². The molecular weight excluding hydrogens is 256 g/mol. The second-order valence-corrected chi connectivity index (χ2v) is 6.92. The van der Waals surface area contributed by atoms with Gasteiger partial charge in [0.25, 0.3) is 5.08 Å². The van der Waals surface area contributed by atoms with Crippen LogP contribution in [0, 0.1) is 0 Å². The highest BCUT2D eigenvalue weighted by Crippen LogP contribution is 2.73. The Kier molecular flexibility index (Phi) is 5.03. The lowest BCUT2D eigenvalue weighted by atomic mass is 10.8. The lowest BCUT2D eigenvalue weighted by Crippen LogP contribution is -2.32. The highest BCUT2D eigenvalue weighted by Gasteiger charge is 2.62. The Balaban J connectivity index is 5.45. The molecule has 0 aliphatic rings. The Hall–Kier alpha value is 0.140. The van der Waals surface area contributed by atoms with E-state index < -0.39 is 27.0 Å². The topological polar surface area (TPSA) is 169 Å². The second-order valence-electron chi connectivity index (χ2n) is 2.45. The van der Waals surface area contributed by atoms with E-state index in [0.717, 1.165) is 0 Å². The van der Waals surface area contributed by atoms with Crippen LogP contribution in [0.1, 0.15) is 6.92 Å². The van der Waals surface area contributed by atoms with Gasteiger partial charge in [-0.15, -0.1) is 9.35 Å². The summed E-state index contributed by atoms with van der Waals surface area (Å²) >= 11 is 0. The first-order valence-corrected chi connectivity index (χ1v) is 6.50. The molecule has 0 fully saturated rings. The SMILES string of the molecule is CC(OCN)(P(=O)(O)OO)P(=O)(O)OO. The zero-order valence-corrected chi connectivity index (χ0v) is 9.30. The summed E-state index contributed by atoms with van der Waals surface area (Å²) in [5.74, 6) is 0. The molecule has 0 radical (unpaired) electrons. The van der Waals surface area contributed by atoms with Crippen molar-refractivity contribution in [3.05, 3.63) is 0 Å². The fourth-order valence-corrected chi connectivity index (χ4v) is 2.91. The summed E-state index contributed by atoms with van der Waals surface area (Å²) in [5, 5.41) is 13.3. The molecule has 0 aromatic rings. The zero-order chi connectivity index (χ0) is 12.3. The fourth-order valence-electron chi connectivity index (χ4n) is 0.632. The molecule has 6 N–H and O–H groups in total. The summed E-state index contributed by atoms with van der Waals surface area (Å²) in [6.45, 7) is -0.147. The molecule has 0 saturated carbocycles. The number of rotatable bonds is 6. The minimum Gasteiger partial charge on any atom is -0.336 e. The van der Waals surface area contributed by atoms with E-state index in [1.807, 2.05) is 0 Å². The quantitative estimate of drug-likeness (QED) is 0.190. The molecule has 0 aliphatic carbocycles. The van der Waals surface area contributed by atoms with Crippen molar-refractivity contribution in [2.24, 2.45) is 5.73 Å².